The van der Waals surface area contributed by atoms with Gasteiger partial charge in [0.1, 0.15) is 36.5 Å². The molecule has 0 aliphatic heterocycles. The summed E-state index contributed by atoms with van der Waals surface area (Å²) in [7, 11) is 1.88. The maximum Gasteiger partial charge on any atom is 0.142 e. The third-order valence-corrected chi connectivity index (χ3v) is 8.78. The van der Waals surface area contributed by atoms with Crippen LogP contribution >= 0.6 is 23.2 Å². The monoisotopic (exact) mass is 738 g/mol. The van der Waals surface area contributed by atoms with Crippen LogP contribution in [0.1, 0.15) is 34.2 Å². The van der Waals surface area contributed by atoms with Crippen molar-refractivity contribution in [2.24, 2.45) is 0 Å². The molecule has 51 heavy (non-hydrogen) atoms. The molecule has 0 saturated heterocycles. The number of rotatable bonds is 20. The molecule has 0 saturated carbocycles. The number of ether oxygens (including phenoxy) is 3. The first-order valence-corrected chi connectivity index (χ1v) is 17.3. The van der Waals surface area contributed by atoms with E-state index in [0.29, 0.717) is 76.6 Å². The van der Waals surface area contributed by atoms with Gasteiger partial charge in [-0.1, -0.05) is 53.5 Å². The highest BCUT2D eigenvalue weighted by molar-refractivity contribution is 6.35. The molecular formula is C38H44Cl2N4O7. The zero-order valence-corrected chi connectivity index (χ0v) is 30.2. The van der Waals surface area contributed by atoms with Crippen molar-refractivity contribution in [2.75, 3.05) is 46.5 Å². The summed E-state index contributed by atoms with van der Waals surface area (Å²) in [6.45, 7) is 3.70. The van der Waals surface area contributed by atoms with E-state index in [1.807, 2.05) is 55.3 Å². The summed E-state index contributed by atoms with van der Waals surface area (Å²) in [4.78, 5) is 6.04. The van der Waals surface area contributed by atoms with Gasteiger partial charge < -0.3 is 44.9 Å². The van der Waals surface area contributed by atoms with Crippen molar-refractivity contribution in [1.82, 2.24) is 15.2 Å². The van der Waals surface area contributed by atoms with E-state index in [0.717, 1.165) is 22.3 Å². The maximum absolute atomic E-state index is 9.77. The van der Waals surface area contributed by atoms with Gasteiger partial charge in [0.15, 0.2) is 0 Å². The van der Waals surface area contributed by atoms with Gasteiger partial charge in [0.25, 0.3) is 0 Å². The number of nitrogens with one attached hydrogen (secondary N) is 1. The SMILES string of the molecule is Cc1c(COc2cc(OCc3cncc(C#N)c3)c(CNC[C@H](O)CO)cc2Cl)cccc1-c1cccc(OCCCN(C)C[C@H](O)CO)c1Cl. The smallest absolute Gasteiger partial charge is 0.142 e. The van der Waals surface area contributed by atoms with Crippen LogP contribution in [0.3, 0.4) is 0 Å². The van der Waals surface area contributed by atoms with Crippen LogP contribution in [-0.4, -0.2) is 89.0 Å². The first kappa shape index (κ1) is 39.8. The Hall–Kier alpha value is -3.96. The standard InChI is InChI=1S/C38H44Cl2N4O7/c1-25-28(6-3-7-32(25)33-8-4-9-35(38(33)40)49-11-5-10-44(2)20-31(48)22-46)24-51-37-14-36(50-23-27-12-26(15-41)16-42-17-27)29(13-34(37)39)18-43-19-30(47)21-45/h3-4,6-9,12-14,16-17,30-31,43,45-48H,5,10-11,18-24H2,1-2H3/t30-,31-/m0/s1. The first-order valence-electron chi connectivity index (χ1n) is 16.5. The van der Waals surface area contributed by atoms with Gasteiger partial charge in [-0.3, -0.25) is 4.98 Å². The number of nitriles is 1. The maximum atomic E-state index is 9.77. The van der Waals surface area contributed by atoms with Gasteiger partial charge in [-0.15, -0.1) is 0 Å². The Morgan fingerprint density at radius 1 is 0.882 bits per heavy atom. The highest BCUT2D eigenvalue weighted by Crippen LogP contribution is 2.38. The van der Waals surface area contributed by atoms with Crippen LogP contribution in [0, 0.1) is 18.3 Å². The summed E-state index contributed by atoms with van der Waals surface area (Å²) >= 11 is 13.6. The number of pyridine rings is 1. The van der Waals surface area contributed by atoms with E-state index in [2.05, 4.69) is 16.4 Å². The Labute approximate surface area is 308 Å². The van der Waals surface area contributed by atoms with Crippen LogP contribution in [0.4, 0.5) is 0 Å². The number of benzene rings is 3. The summed E-state index contributed by atoms with van der Waals surface area (Å²) in [5.41, 5.74) is 5.49. The first-order chi connectivity index (χ1) is 24.6. The topological polar surface area (TPSA) is 161 Å². The van der Waals surface area contributed by atoms with Crippen LogP contribution < -0.4 is 19.5 Å². The molecule has 4 rings (SSSR count). The zero-order valence-electron chi connectivity index (χ0n) is 28.7. The molecular weight excluding hydrogens is 695 g/mol. The number of aliphatic hydroxyl groups is 4. The number of aromatic nitrogens is 1. The van der Waals surface area contributed by atoms with Gasteiger partial charge in [-0.25, -0.2) is 0 Å². The van der Waals surface area contributed by atoms with Gasteiger partial charge in [0.2, 0.25) is 0 Å². The lowest BCUT2D eigenvalue weighted by molar-refractivity contribution is 0.0653. The van der Waals surface area contributed by atoms with E-state index in [1.165, 1.54) is 6.20 Å². The van der Waals surface area contributed by atoms with Crippen molar-refractivity contribution in [1.29, 1.82) is 5.26 Å². The second-order valence-electron chi connectivity index (χ2n) is 12.1. The van der Waals surface area contributed by atoms with Crippen molar-refractivity contribution in [3.05, 3.63) is 105 Å². The minimum absolute atomic E-state index is 0.145. The molecule has 0 fully saturated rings. The van der Waals surface area contributed by atoms with E-state index < -0.39 is 12.2 Å². The lowest BCUT2D eigenvalue weighted by atomic mass is 9.96. The fourth-order valence-corrected chi connectivity index (χ4v) is 5.85. The minimum Gasteiger partial charge on any atom is -0.492 e. The summed E-state index contributed by atoms with van der Waals surface area (Å²) in [6, 6.07) is 18.8. The van der Waals surface area contributed by atoms with Gasteiger partial charge in [-0.05, 0) is 55.3 Å². The van der Waals surface area contributed by atoms with Crippen molar-refractivity contribution < 1.29 is 34.6 Å². The number of halogens is 2. The van der Waals surface area contributed by atoms with Gasteiger partial charge in [-0.2, -0.15) is 5.26 Å². The fourth-order valence-electron chi connectivity index (χ4n) is 5.33. The van der Waals surface area contributed by atoms with E-state index in [4.69, 9.17) is 42.5 Å². The summed E-state index contributed by atoms with van der Waals surface area (Å²) in [5.74, 6) is 1.47. The average molecular weight is 740 g/mol. The Morgan fingerprint density at radius 2 is 1.63 bits per heavy atom. The predicted molar refractivity (Wildman–Crippen MR) is 196 cm³/mol. The molecule has 13 heteroatoms. The molecule has 1 aromatic heterocycles. The second kappa shape index (κ2) is 20.2. The quantitative estimate of drug-likeness (QED) is 0.0786. The van der Waals surface area contributed by atoms with Crippen LogP contribution in [-0.2, 0) is 19.8 Å². The molecule has 0 amide bonds. The number of nitrogens with zero attached hydrogens (tertiary/aromatic N) is 3. The lowest BCUT2D eigenvalue weighted by Gasteiger charge is -2.19. The molecule has 272 valence electrons. The molecule has 3 aromatic carbocycles. The Kier molecular flexibility index (Phi) is 15.8. The van der Waals surface area contributed by atoms with Crippen LogP contribution in [0.5, 0.6) is 17.2 Å². The molecule has 0 aliphatic carbocycles. The van der Waals surface area contributed by atoms with Crippen molar-refractivity contribution in [3.8, 4) is 34.4 Å². The van der Waals surface area contributed by atoms with Crippen molar-refractivity contribution in [3.63, 3.8) is 0 Å². The Bertz CT molecular complexity index is 1770. The normalized spacial score (nSPS) is 12.4. The Balaban J connectivity index is 1.48. The molecule has 0 aliphatic rings. The third-order valence-electron chi connectivity index (χ3n) is 8.10. The minimum atomic E-state index is -0.909. The molecule has 11 nitrogen and oxygen atoms in total. The Morgan fingerprint density at radius 3 is 2.39 bits per heavy atom. The number of aliphatic hydroxyl groups excluding tert-OH is 4. The molecule has 0 radical (unpaired) electrons. The van der Waals surface area contributed by atoms with E-state index in [-0.39, 0.29) is 33.0 Å². The zero-order chi connectivity index (χ0) is 36.8. The van der Waals surface area contributed by atoms with Crippen molar-refractivity contribution in [2.45, 2.75) is 45.3 Å². The van der Waals surface area contributed by atoms with Crippen LogP contribution in [0.25, 0.3) is 11.1 Å². The lowest BCUT2D eigenvalue weighted by Crippen LogP contribution is -2.32. The average Bonchev–Trinajstić information content (AvgIpc) is 3.13. The molecule has 0 bridgehead atoms. The fraction of sp³-hybridized carbons (Fsp3) is 0.368. The summed E-state index contributed by atoms with van der Waals surface area (Å²) in [5, 5.41) is 50.8. The van der Waals surface area contributed by atoms with E-state index >= 15 is 0 Å². The van der Waals surface area contributed by atoms with Gasteiger partial charge >= 0.3 is 0 Å². The molecule has 0 spiro atoms. The number of likely N-dealkylation sites (N-methyl/N-ethyl adjacent to an activating group) is 1. The highest BCUT2D eigenvalue weighted by atomic mass is 35.5. The second-order valence-corrected chi connectivity index (χ2v) is 12.9. The predicted octanol–water partition coefficient (Wildman–Crippen LogP) is 4.89. The van der Waals surface area contributed by atoms with Gasteiger partial charge in [0.05, 0.1) is 47.6 Å². The van der Waals surface area contributed by atoms with Crippen LogP contribution in [0.15, 0.2) is 67.0 Å². The van der Waals surface area contributed by atoms with E-state index in [1.54, 1.807) is 24.4 Å². The number of hydrogen-bond donors (Lipinski definition) is 5. The van der Waals surface area contributed by atoms with Crippen LogP contribution in [0.2, 0.25) is 10.0 Å². The largest absolute Gasteiger partial charge is 0.492 e. The molecule has 0 unspecified atom stereocenters. The third kappa shape index (κ3) is 11.8. The van der Waals surface area contributed by atoms with Gasteiger partial charge in [0, 0.05) is 61.3 Å². The number of hydrogen-bond acceptors (Lipinski definition) is 11. The summed E-state index contributed by atoms with van der Waals surface area (Å²) in [6.07, 6.45) is 2.14. The van der Waals surface area contributed by atoms with Crippen molar-refractivity contribution >= 4 is 23.2 Å². The molecule has 4 aromatic rings. The van der Waals surface area contributed by atoms with E-state index in [9.17, 15) is 20.6 Å². The molecule has 5 N–H and O–H groups in total. The molecule has 2 atom stereocenters. The summed E-state index contributed by atoms with van der Waals surface area (Å²) < 4.78 is 18.4. The highest BCUT2D eigenvalue weighted by Gasteiger charge is 2.16. The molecule has 1 heterocycles.